The summed E-state index contributed by atoms with van der Waals surface area (Å²) in [7, 11) is 0. The Labute approximate surface area is 97.8 Å². The SMILES string of the molecule is CCN(C(=N)c1ccccc1)C1CCCC1. The Bertz CT molecular complexity index is 339. The van der Waals surface area contributed by atoms with Crippen LogP contribution >= 0.6 is 0 Å². The number of nitrogens with zero attached hydrogens (tertiary/aromatic N) is 1. The monoisotopic (exact) mass is 216 g/mol. The molecule has 0 heterocycles. The van der Waals surface area contributed by atoms with Crippen molar-refractivity contribution in [3.8, 4) is 0 Å². The molecule has 0 spiro atoms. The van der Waals surface area contributed by atoms with E-state index in [1.165, 1.54) is 25.7 Å². The van der Waals surface area contributed by atoms with Gasteiger partial charge in [0.25, 0.3) is 0 Å². The summed E-state index contributed by atoms with van der Waals surface area (Å²) in [5.74, 6) is 0.690. The molecule has 1 saturated carbocycles. The molecule has 16 heavy (non-hydrogen) atoms. The number of hydrogen-bond acceptors (Lipinski definition) is 1. The van der Waals surface area contributed by atoms with E-state index in [2.05, 4.69) is 11.8 Å². The molecule has 0 saturated heterocycles. The molecule has 1 aromatic rings. The molecule has 0 atom stereocenters. The third-order valence-electron chi connectivity index (χ3n) is 3.44. The molecular formula is C14H20N2. The van der Waals surface area contributed by atoms with Crippen molar-refractivity contribution in [1.82, 2.24) is 4.90 Å². The maximum Gasteiger partial charge on any atom is 0.128 e. The second kappa shape index (κ2) is 5.15. The smallest absolute Gasteiger partial charge is 0.128 e. The minimum Gasteiger partial charge on any atom is -0.354 e. The van der Waals surface area contributed by atoms with Gasteiger partial charge in [-0.05, 0) is 19.8 Å². The van der Waals surface area contributed by atoms with Crippen molar-refractivity contribution in [2.45, 2.75) is 38.6 Å². The lowest BCUT2D eigenvalue weighted by Gasteiger charge is -2.30. The van der Waals surface area contributed by atoms with E-state index < -0.39 is 0 Å². The Morgan fingerprint density at radius 2 is 1.88 bits per heavy atom. The Hall–Kier alpha value is -1.31. The predicted octanol–water partition coefficient (Wildman–Crippen LogP) is 3.28. The second-order valence-electron chi connectivity index (χ2n) is 4.44. The standard InChI is InChI=1S/C14H20N2/c1-2-16(13-10-6-7-11-13)14(15)12-8-4-3-5-9-12/h3-5,8-9,13,15H,2,6-7,10-11H2,1H3. The highest BCUT2D eigenvalue weighted by Gasteiger charge is 2.23. The number of benzene rings is 1. The first-order valence-corrected chi connectivity index (χ1v) is 6.23. The van der Waals surface area contributed by atoms with Crippen molar-refractivity contribution in [2.24, 2.45) is 0 Å². The highest BCUT2D eigenvalue weighted by molar-refractivity contribution is 5.96. The van der Waals surface area contributed by atoms with Crippen LogP contribution in [0.15, 0.2) is 30.3 Å². The first kappa shape index (κ1) is 11.2. The Morgan fingerprint density at radius 3 is 2.44 bits per heavy atom. The van der Waals surface area contributed by atoms with E-state index in [4.69, 9.17) is 5.41 Å². The van der Waals surface area contributed by atoms with Crippen LogP contribution < -0.4 is 0 Å². The summed E-state index contributed by atoms with van der Waals surface area (Å²) in [6.07, 6.45) is 5.15. The van der Waals surface area contributed by atoms with Gasteiger partial charge < -0.3 is 4.90 Å². The fourth-order valence-corrected chi connectivity index (χ4v) is 2.58. The normalized spacial score (nSPS) is 16.3. The summed E-state index contributed by atoms with van der Waals surface area (Å²) < 4.78 is 0. The molecule has 2 rings (SSSR count). The molecule has 2 heteroatoms. The van der Waals surface area contributed by atoms with E-state index in [0.717, 1.165) is 12.1 Å². The predicted molar refractivity (Wildman–Crippen MR) is 67.9 cm³/mol. The Kier molecular flexibility index (Phi) is 3.60. The number of hydrogen-bond donors (Lipinski definition) is 1. The summed E-state index contributed by atoms with van der Waals surface area (Å²) >= 11 is 0. The van der Waals surface area contributed by atoms with Crippen LogP contribution in [0.1, 0.15) is 38.2 Å². The third-order valence-corrected chi connectivity index (χ3v) is 3.44. The zero-order valence-electron chi connectivity index (χ0n) is 9.95. The van der Waals surface area contributed by atoms with E-state index in [9.17, 15) is 0 Å². The van der Waals surface area contributed by atoms with E-state index in [-0.39, 0.29) is 0 Å². The molecule has 1 fully saturated rings. The summed E-state index contributed by atoms with van der Waals surface area (Å²) in [6.45, 7) is 3.09. The molecule has 0 bridgehead atoms. The fraction of sp³-hybridized carbons (Fsp3) is 0.500. The minimum atomic E-state index is 0.595. The molecule has 1 aromatic carbocycles. The van der Waals surface area contributed by atoms with Crippen molar-refractivity contribution >= 4 is 5.84 Å². The molecule has 0 radical (unpaired) electrons. The highest BCUT2D eigenvalue weighted by atomic mass is 15.2. The fourth-order valence-electron chi connectivity index (χ4n) is 2.58. The average Bonchev–Trinajstić information content (AvgIpc) is 2.85. The number of rotatable bonds is 3. The lowest BCUT2D eigenvalue weighted by Crippen LogP contribution is -2.38. The topological polar surface area (TPSA) is 27.1 Å². The molecule has 1 N–H and O–H groups in total. The van der Waals surface area contributed by atoms with Crippen LogP contribution in [-0.4, -0.2) is 23.3 Å². The maximum atomic E-state index is 8.28. The molecule has 0 aromatic heterocycles. The number of nitrogens with one attached hydrogen (secondary N) is 1. The second-order valence-corrected chi connectivity index (χ2v) is 4.44. The van der Waals surface area contributed by atoms with Crippen LogP contribution in [0.2, 0.25) is 0 Å². The van der Waals surface area contributed by atoms with Gasteiger partial charge in [0.05, 0.1) is 0 Å². The van der Waals surface area contributed by atoms with Gasteiger partial charge in [0.2, 0.25) is 0 Å². The molecule has 1 aliphatic carbocycles. The van der Waals surface area contributed by atoms with Crippen LogP contribution in [0.4, 0.5) is 0 Å². The Balaban J connectivity index is 2.12. The van der Waals surface area contributed by atoms with Crippen molar-refractivity contribution in [3.63, 3.8) is 0 Å². The van der Waals surface area contributed by atoms with E-state index in [1.54, 1.807) is 0 Å². The summed E-state index contributed by atoms with van der Waals surface area (Å²) in [4.78, 5) is 2.25. The molecule has 2 nitrogen and oxygen atoms in total. The number of amidine groups is 1. The van der Waals surface area contributed by atoms with Crippen molar-refractivity contribution in [3.05, 3.63) is 35.9 Å². The zero-order chi connectivity index (χ0) is 11.4. The zero-order valence-corrected chi connectivity index (χ0v) is 9.95. The molecule has 0 unspecified atom stereocenters. The van der Waals surface area contributed by atoms with Gasteiger partial charge in [0.15, 0.2) is 0 Å². The van der Waals surface area contributed by atoms with Crippen molar-refractivity contribution in [2.75, 3.05) is 6.54 Å². The summed E-state index contributed by atoms with van der Waals surface area (Å²) in [6, 6.07) is 10.7. The van der Waals surface area contributed by atoms with Crippen LogP contribution in [0.3, 0.4) is 0 Å². The van der Waals surface area contributed by atoms with E-state index >= 15 is 0 Å². The van der Waals surface area contributed by atoms with E-state index in [0.29, 0.717) is 11.9 Å². The first-order valence-electron chi connectivity index (χ1n) is 6.23. The van der Waals surface area contributed by atoms with Gasteiger partial charge in [-0.15, -0.1) is 0 Å². The third kappa shape index (κ3) is 2.26. The van der Waals surface area contributed by atoms with Gasteiger partial charge in [-0.25, -0.2) is 0 Å². The quantitative estimate of drug-likeness (QED) is 0.609. The molecule has 0 amide bonds. The molecular weight excluding hydrogens is 196 g/mol. The summed E-state index contributed by atoms with van der Waals surface area (Å²) in [5.41, 5.74) is 1.04. The lowest BCUT2D eigenvalue weighted by atomic mass is 10.1. The van der Waals surface area contributed by atoms with Gasteiger partial charge in [-0.1, -0.05) is 43.2 Å². The highest BCUT2D eigenvalue weighted by Crippen LogP contribution is 2.24. The molecule has 1 aliphatic rings. The van der Waals surface area contributed by atoms with Crippen LogP contribution in [0.5, 0.6) is 0 Å². The van der Waals surface area contributed by atoms with Gasteiger partial charge in [0, 0.05) is 18.2 Å². The van der Waals surface area contributed by atoms with Crippen molar-refractivity contribution in [1.29, 1.82) is 5.41 Å². The van der Waals surface area contributed by atoms with Crippen LogP contribution in [-0.2, 0) is 0 Å². The summed E-state index contributed by atoms with van der Waals surface area (Å²) in [5, 5.41) is 8.28. The molecule has 86 valence electrons. The minimum absolute atomic E-state index is 0.595. The van der Waals surface area contributed by atoms with Crippen molar-refractivity contribution < 1.29 is 0 Å². The molecule has 0 aliphatic heterocycles. The van der Waals surface area contributed by atoms with Crippen LogP contribution in [0, 0.1) is 5.41 Å². The van der Waals surface area contributed by atoms with Gasteiger partial charge in [-0.2, -0.15) is 0 Å². The van der Waals surface area contributed by atoms with Gasteiger partial charge in [-0.3, -0.25) is 5.41 Å². The largest absolute Gasteiger partial charge is 0.354 e. The average molecular weight is 216 g/mol. The lowest BCUT2D eigenvalue weighted by molar-refractivity contribution is 0.328. The first-order chi connectivity index (χ1) is 7.83. The van der Waals surface area contributed by atoms with Gasteiger partial charge in [0.1, 0.15) is 5.84 Å². The van der Waals surface area contributed by atoms with E-state index in [1.807, 2.05) is 30.3 Å². The Morgan fingerprint density at radius 1 is 1.25 bits per heavy atom. The maximum absolute atomic E-state index is 8.28. The van der Waals surface area contributed by atoms with Crippen LogP contribution in [0.25, 0.3) is 0 Å². The van der Waals surface area contributed by atoms with Gasteiger partial charge >= 0.3 is 0 Å².